The maximum absolute atomic E-state index is 13.0. The molecule has 0 atom stereocenters. The van der Waals surface area contributed by atoms with Gasteiger partial charge in [0.15, 0.2) is 0 Å². The Morgan fingerprint density at radius 3 is 1.76 bits per heavy atom. The number of amides is 2. The quantitative estimate of drug-likeness (QED) is 0.560. The maximum atomic E-state index is 13.0. The second kappa shape index (κ2) is 8.53. The predicted molar refractivity (Wildman–Crippen MR) is 105 cm³/mol. The van der Waals surface area contributed by atoms with Gasteiger partial charge in [-0.3, -0.25) is 25.2 Å². The van der Waals surface area contributed by atoms with Crippen LogP contribution in [-0.2, 0) is 10.0 Å². The number of anilines is 1. The van der Waals surface area contributed by atoms with Crippen molar-refractivity contribution in [1.29, 1.82) is 0 Å². The van der Waals surface area contributed by atoms with Gasteiger partial charge in [0.2, 0.25) is 0 Å². The number of hydrogen-bond acceptors (Lipinski definition) is 4. The van der Waals surface area contributed by atoms with Gasteiger partial charge in [0.05, 0.1) is 4.90 Å². The van der Waals surface area contributed by atoms with Gasteiger partial charge in [-0.25, -0.2) is 12.8 Å². The van der Waals surface area contributed by atoms with E-state index in [4.69, 9.17) is 0 Å². The van der Waals surface area contributed by atoms with Crippen LogP contribution < -0.4 is 15.6 Å². The second-order valence-corrected chi connectivity index (χ2v) is 7.59. The molecule has 7 nitrogen and oxygen atoms in total. The minimum atomic E-state index is -3.89. The summed E-state index contributed by atoms with van der Waals surface area (Å²) in [5.74, 6) is -1.58. The number of hydrogen-bond donors (Lipinski definition) is 3. The van der Waals surface area contributed by atoms with E-state index in [0.29, 0.717) is 5.56 Å². The van der Waals surface area contributed by atoms with Crippen LogP contribution in [0.4, 0.5) is 10.1 Å². The Labute approximate surface area is 166 Å². The molecule has 0 aliphatic rings. The van der Waals surface area contributed by atoms with Crippen LogP contribution in [0.25, 0.3) is 0 Å². The molecule has 0 saturated carbocycles. The summed E-state index contributed by atoms with van der Waals surface area (Å²) < 4.78 is 39.9. The molecule has 0 aromatic heterocycles. The number of carbonyl (C=O) groups excluding carboxylic acids is 2. The van der Waals surface area contributed by atoms with Gasteiger partial charge in [-0.05, 0) is 60.7 Å². The third kappa shape index (κ3) is 5.17. The lowest BCUT2D eigenvalue weighted by molar-refractivity contribution is 0.0846. The highest BCUT2D eigenvalue weighted by Crippen LogP contribution is 2.17. The first-order valence-corrected chi connectivity index (χ1v) is 9.88. The van der Waals surface area contributed by atoms with E-state index in [1.165, 1.54) is 24.3 Å². The fourth-order valence-electron chi connectivity index (χ4n) is 2.36. The highest BCUT2D eigenvalue weighted by Gasteiger charge is 2.15. The lowest BCUT2D eigenvalue weighted by Gasteiger charge is -2.10. The topological polar surface area (TPSA) is 104 Å². The van der Waals surface area contributed by atoms with Crippen molar-refractivity contribution < 1.29 is 22.4 Å². The third-order valence-corrected chi connectivity index (χ3v) is 5.25. The number of halogens is 1. The standard InChI is InChI=1S/C20H16FN3O4S/c21-16-8-12-18(13-9-16)29(27,28)24-17-10-6-15(7-11-17)20(26)23-22-19(25)14-4-2-1-3-5-14/h1-13,24H,(H,22,25)(H,23,26). The molecular weight excluding hydrogens is 397 g/mol. The van der Waals surface area contributed by atoms with Crippen molar-refractivity contribution in [3.05, 3.63) is 95.8 Å². The average molecular weight is 413 g/mol. The molecule has 0 heterocycles. The molecule has 0 aliphatic carbocycles. The predicted octanol–water partition coefficient (Wildman–Crippen LogP) is 2.70. The minimum Gasteiger partial charge on any atom is -0.280 e. The maximum Gasteiger partial charge on any atom is 0.269 e. The van der Waals surface area contributed by atoms with Gasteiger partial charge in [-0.2, -0.15) is 0 Å². The number of sulfonamides is 1. The first-order valence-electron chi connectivity index (χ1n) is 8.39. The van der Waals surface area contributed by atoms with E-state index in [9.17, 15) is 22.4 Å². The fourth-order valence-corrected chi connectivity index (χ4v) is 3.42. The van der Waals surface area contributed by atoms with E-state index < -0.39 is 27.7 Å². The zero-order valence-electron chi connectivity index (χ0n) is 14.9. The molecule has 29 heavy (non-hydrogen) atoms. The summed E-state index contributed by atoms with van der Waals surface area (Å²) in [5, 5.41) is 0. The first kappa shape index (κ1) is 20.0. The van der Waals surface area contributed by atoms with Gasteiger partial charge in [0.25, 0.3) is 21.8 Å². The largest absolute Gasteiger partial charge is 0.280 e. The monoisotopic (exact) mass is 413 g/mol. The molecule has 2 amide bonds. The molecule has 3 N–H and O–H groups in total. The lowest BCUT2D eigenvalue weighted by atomic mass is 10.2. The Morgan fingerprint density at radius 2 is 1.21 bits per heavy atom. The number of carbonyl (C=O) groups is 2. The van der Waals surface area contributed by atoms with E-state index >= 15 is 0 Å². The van der Waals surface area contributed by atoms with Crippen molar-refractivity contribution >= 4 is 27.5 Å². The third-order valence-electron chi connectivity index (χ3n) is 3.85. The molecule has 0 fully saturated rings. The zero-order valence-corrected chi connectivity index (χ0v) is 15.7. The molecule has 9 heteroatoms. The molecule has 0 radical (unpaired) electrons. The van der Waals surface area contributed by atoms with Crippen molar-refractivity contribution in [3.8, 4) is 0 Å². The zero-order chi connectivity index (χ0) is 20.9. The van der Waals surface area contributed by atoms with Gasteiger partial charge in [0, 0.05) is 16.8 Å². The summed E-state index contributed by atoms with van der Waals surface area (Å²) in [7, 11) is -3.89. The van der Waals surface area contributed by atoms with Crippen LogP contribution in [0.1, 0.15) is 20.7 Å². The van der Waals surface area contributed by atoms with E-state index in [1.807, 2.05) is 0 Å². The molecule has 3 aromatic rings. The van der Waals surface area contributed by atoms with Crippen molar-refractivity contribution in [2.45, 2.75) is 4.90 Å². The average Bonchev–Trinajstić information content (AvgIpc) is 2.73. The summed E-state index contributed by atoms with van der Waals surface area (Å²) in [6.07, 6.45) is 0. The van der Waals surface area contributed by atoms with E-state index in [2.05, 4.69) is 15.6 Å². The number of benzene rings is 3. The number of rotatable bonds is 5. The Balaban J connectivity index is 1.61. The van der Waals surface area contributed by atoms with Gasteiger partial charge in [-0.15, -0.1) is 0 Å². The van der Waals surface area contributed by atoms with Crippen molar-refractivity contribution in [2.24, 2.45) is 0 Å². The number of hydrazine groups is 1. The van der Waals surface area contributed by atoms with Gasteiger partial charge < -0.3 is 0 Å². The molecule has 3 aromatic carbocycles. The lowest BCUT2D eigenvalue weighted by Crippen LogP contribution is -2.41. The van der Waals surface area contributed by atoms with Crippen LogP contribution in [0.5, 0.6) is 0 Å². The Morgan fingerprint density at radius 1 is 0.690 bits per heavy atom. The van der Waals surface area contributed by atoms with Crippen LogP contribution >= 0.6 is 0 Å². The van der Waals surface area contributed by atoms with E-state index in [-0.39, 0.29) is 16.1 Å². The SMILES string of the molecule is O=C(NNC(=O)c1ccc(NS(=O)(=O)c2ccc(F)cc2)cc1)c1ccccc1. The Bertz CT molecular complexity index is 1120. The highest BCUT2D eigenvalue weighted by molar-refractivity contribution is 7.92. The molecule has 148 valence electrons. The Hall–Kier alpha value is -3.72. The molecule has 3 rings (SSSR count). The molecule has 0 spiro atoms. The smallest absolute Gasteiger partial charge is 0.269 e. The van der Waals surface area contributed by atoms with Gasteiger partial charge >= 0.3 is 0 Å². The normalized spacial score (nSPS) is 10.8. The molecular formula is C20H16FN3O4S. The van der Waals surface area contributed by atoms with Crippen LogP contribution in [0.3, 0.4) is 0 Å². The second-order valence-electron chi connectivity index (χ2n) is 5.91. The molecule has 0 aliphatic heterocycles. The summed E-state index contributed by atoms with van der Waals surface area (Å²) >= 11 is 0. The highest BCUT2D eigenvalue weighted by atomic mass is 32.2. The molecule has 0 unspecified atom stereocenters. The molecule has 0 bridgehead atoms. The van der Waals surface area contributed by atoms with Crippen molar-refractivity contribution in [2.75, 3.05) is 4.72 Å². The van der Waals surface area contributed by atoms with E-state index in [0.717, 1.165) is 24.3 Å². The van der Waals surface area contributed by atoms with E-state index in [1.54, 1.807) is 30.3 Å². The van der Waals surface area contributed by atoms with Crippen molar-refractivity contribution in [3.63, 3.8) is 0 Å². The van der Waals surface area contributed by atoms with Crippen LogP contribution in [0.2, 0.25) is 0 Å². The summed E-state index contributed by atoms with van der Waals surface area (Å²) in [5.41, 5.74) is 5.40. The van der Waals surface area contributed by atoms with Crippen molar-refractivity contribution in [1.82, 2.24) is 10.9 Å². The summed E-state index contributed by atoms with van der Waals surface area (Å²) in [6, 6.07) is 18.3. The Kier molecular flexibility index (Phi) is 5.89. The number of nitrogens with one attached hydrogen (secondary N) is 3. The van der Waals surface area contributed by atoms with Crippen LogP contribution in [0, 0.1) is 5.82 Å². The van der Waals surface area contributed by atoms with Gasteiger partial charge in [-0.1, -0.05) is 18.2 Å². The molecule has 0 saturated heterocycles. The van der Waals surface area contributed by atoms with Gasteiger partial charge in [0.1, 0.15) is 5.82 Å². The summed E-state index contributed by atoms with van der Waals surface area (Å²) in [6.45, 7) is 0. The first-order chi connectivity index (χ1) is 13.8. The fraction of sp³-hybridized carbons (Fsp3) is 0. The van der Waals surface area contributed by atoms with Crippen LogP contribution in [0.15, 0.2) is 83.8 Å². The summed E-state index contributed by atoms with van der Waals surface area (Å²) in [4.78, 5) is 24.0. The van der Waals surface area contributed by atoms with Crippen LogP contribution in [-0.4, -0.2) is 20.2 Å². The minimum absolute atomic E-state index is 0.0932.